The zero-order valence-corrected chi connectivity index (χ0v) is 12.6. The van der Waals surface area contributed by atoms with E-state index in [2.05, 4.69) is 43.9 Å². The van der Waals surface area contributed by atoms with Crippen molar-refractivity contribution in [3.8, 4) is 5.75 Å². The lowest BCUT2D eigenvalue weighted by Gasteiger charge is -2.18. The number of ether oxygens (including phenoxy) is 2. The van der Waals surface area contributed by atoms with E-state index in [1.165, 1.54) is 11.1 Å². The number of rotatable bonds is 8. The first-order valence-electron chi connectivity index (χ1n) is 7.31. The molecule has 1 aromatic carbocycles. The van der Waals surface area contributed by atoms with Gasteiger partial charge in [0.05, 0.1) is 13.2 Å². The molecule has 2 rings (SSSR count). The second kappa shape index (κ2) is 6.91. The third-order valence-corrected chi connectivity index (χ3v) is 3.38. The first-order valence-corrected chi connectivity index (χ1v) is 7.31. The second-order valence-corrected chi connectivity index (χ2v) is 5.81. The van der Waals surface area contributed by atoms with Crippen LogP contribution < -0.4 is 10.1 Å². The molecule has 1 aliphatic heterocycles. The van der Waals surface area contributed by atoms with E-state index in [0.29, 0.717) is 0 Å². The molecule has 0 bridgehead atoms. The van der Waals surface area contributed by atoms with Crippen LogP contribution in [-0.4, -0.2) is 25.4 Å². The van der Waals surface area contributed by atoms with E-state index in [9.17, 15) is 0 Å². The fraction of sp³-hybridized carbons (Fsp3) is 0.529. The standard InChI is InChI=1S/C17H25NO2/c1-4-5-10-19-11-9-18-13-15-8-6-7-14-12-17(2,3)20-16(14)15/h4,6-8,18H,1,5,9-13H2,2-3H3. The molecule has 1 aromatic rings. The zero-order chi connectivity index (χ0) is 14.4. The van der Waals surface area contributed by atoms with Crippen LogP contribution in [0.2, 0.25) is 0 Å². The molecule has 1 heterocycles. The van der Waals surface area contributed by atoms with Gasteiger partial charge in [0.2, 0.25) is 0 Å². The molecule has 0 aliphatic carbocycles. The van der Waals surface area contributed by atoms with Gasteiger partial charge in [-0.25, -0.2) is 0 Å². The van der Waals surface area contributed by atoms with Gasteiger partial charge in [-0.3, -0.25) is 0 Å². The van der Waals surface area contributed by atoms with Gasteiger partial charge in [0.15, 0.2) is 0 Å². The Hall–Kier alpha value is -1.32. The van der Waals surface area contributed by atoms with Crippen molar-refractivity contribution in [3.05, 3.63) is 42.0 Å². The lowest BCUT2D eigenvalue weighted by atomic mass is 10.0. The highest BCUT2D eigenvalue weighted by atomic mass is 16.5. The van der Waals surface area contributed by atoms with Crippen LogP contribution in [0.4, 0.5) is 0 Å². The molecule has 0 atom stereocenters. The Balaban J connectivity index is 1.78. The number of nitrogens with one attached hydrogen (secondary N) is 1. The number of fused-ring (bicyclic) bond motifs is 1. The second-order valence-electron chi connectivity index (χ2n) is 5.81. The first-order chi connectivity index (χ1) is 9.62. The van der Waals surface area contributed by atoms with Crippen molar-refractivity contribution in [2.24, 2.45) is 0 Å². The largest absolute Gasteiger partial charge is 0.487 e. The topological polar surface area (TPSA) is 30.5 Å². The molecule has 0 radical (unpaired) electrons. The lowest BCUT2D eigenvalue weighted by Crippen LogP contribution is -2.25. The quantitative estimate of drug-likeness (QED) is 0.584. The van der Waals surface area contributed by atoms with Crippen molar-refractivity contribution in [2.45, 2.75) is 38.8 Å². The number of hydrogen-bond acceptors (Lipinski definition) is 3. The van der Waals surface area contributed by atoms with Crippen LogP contribution in [0.15, 0.2) is 30.9 Å². The average molecular weight is 275 g/mol. The molecule has 110 valence electrons. The van der Waals surface area contributed by atoms with Crippen LogP contribution in [-0.2, 0) is 17.7 Å². The molecule has 0 saturated heterocycles. The number of benzene rings is 1. The van der Waals surface area contributed by atoms with Crippen molar-refractivity contribution >= 4 is 0 Å². The van der Waals surface area contributed by atoms with Crippen LogP contribution in [0.5, 0.6) is 5.75 Å². The van der Waals surface area contributed by atoms with Gasteiger partial charge in [0.1, 0.15) is 11.4 Å². The van der Waals surface area contributed by atoms with Crippen LogP contribution >= 0.6 is 0 Å². The monoisotopic (exact) mass is 275 g/mol. The maximum absolute atomic E-state index is 6.05. The third-order valence-electron chi connectivity index (χ3n) is 3.38. The first kappa shape index (κ1) is 15.1. The van der Waals surface area contributed by atoms with Gasteiger partial charge in [-0.2, -0.15) is 0 Å². The molecule has 0 unspecified atom stereocenters. The number of hydrogen-bond donors (Lipinski definition) is 1. The summed E-state index contributed by atoms with van der Waals surface area (Å²) in [7, 11) is 0. The minimum Gasteiger partial charge on any atom is -0.487 e. The Kier molecular flexibility index (Phi) is 5.21. The molecule has 1 N–H and O–H groups in total. The van der Waals surface area contributed by atoms with E-state index in [4.69, 9.17) is 9.47 Å². The Morgan fingerprint density at radius 3 is 3.05 bits per heavy atom. The van der Waals surface area contributed by atoms with Crippen molar-refractivity contribution in [1.29, 1.82) is 0 Å². The normalized spacial score (nSPS) is 15.7. The maximum Gasteiger partial charge on any atom is 0.127 e. The minimum absolute atomic E-state index is 0.0771. The average Bonchev–Trinajstić information content (AvgIpc) is 2.72. The molecular formula is C17H25NO2. The van der Waals surface area contributed by atoms with Crippen molar-refractivity contribution in [3.63, 3.8) is 0 Å². The van der Waals surface area contributed by atoms with Gasteiger partial charge in [-0.05, 0) is 25.8 Å². The van der Waals surface area contributed by atoms with E-state index in [-0.39, 0.29) is 5.60 Å². The van der Waals surface area contributed by atoms with E-state index in [1.807, 2.05) is 6.08 Å². The summed E-state index contributed by atoms with van der Waals surface area (Å²) in [5, 5.41) is 3.40. The molecule has 3 nitrogen and oxygen atoms in total. The van der Waals surface area contributed by atoms with Gasteiger partial charge in [0.25, 0.3) is 0 Å². The van der Waals surface area contributed by atoms with Gasteiger partial charge in [-0.15, -0.1) is 6.58 Å². The third kappa shape index (κ3) is 4.09. The summed E-state index contributed by atoms with van der Waals surface area (Å²) in [6, 6.07) is 6.40. The summed E-state index contributed by atoms with van der Waals surface area (Å²) >= 11 is 0. The van der Waals surface area contributed by atoms with Crippen LogP contribution in [0, 0.1) is 0 Å². The summed E-state index contributed by atoms with van der Waals surface area (Å²) in [4.78, 5) is 0. The molecule has 0 saturated carbocycles. The van der Waals surface area contributed by atoms with E-state index < -0.39 is 0 Å². The summed E-state index contributed by atoms with van der Waals surface area (Å²) in [5.74, 6) is 1.07. The van der Waals surface area contributed by atoms with Crippen molar-refractivity contribution in [1.82, 2.24) is 5.32 Å². The Morgan fingerprint density at radius 1 is 1.40 bits per heavy atom. The highest BCUT2D eigenvalue weighted by Gasteiger charge is 2.31. The van der Waals surface area contributed by atoms with E-state index >= 15 is 0 Å². The van der Waals surface area contributed by atoms with Gasteiger partial charge in [0, 0.05) is 25.1 Å². The molecule has 0 amide bonds. The summed E-state index contributed by atoms with van der Waals surface area (Å²) in [6.45, 7) is 11.1. The van der Waals surface area contributed by atoms with Gasteiger partial charge < -0.3 is 14.8 Å². The molecule has 0 fully saturated rings. The molecule has 0 aromatic heterocycles. The summed E-state index contributed by atoms with van der Waals surface area (Å²) in [6.07, 6.45) is 3.77. The Morgan fingerprint density at radius 2 is 2.25 bits per heavy atom. The molecule has 3 heteroatoms. The van der Waals surface area contributed by atoms with Crippen LogP contribution in [0.3, 0.4) is 0 Å². The molecule has 20 heavy (non-hydrogen) atoms. The molecule has 0 spiro atoms. The van der Waals surface area contributed by atoms with Gasteiger partial charge in [-0.1, -0.05) is 24.3 Å². The maximum atomic E-state index is 6.05. The van der Waals surface area contributed by atoms with Crippen LogP contribution in [0.1, 0.15) is 31.4 Å². The van der Waals surface area contributed by atoms with Crippen molar-refractivity contribution < 1.29 is 9.47 Å². The highest BCUT2D eigenvalue weighted by Crippen LogP contribution is 2.37. The number of para-hydroxylation sites is 1. The fourth-order valence-corrected chi connectivity index (χ4v) is 2.45. The molecular weight excluding hydrogens is 250 g/mol. The lowest BCUT2D eigenvalue weighted by molar-refractivity contribution is 0.135. The predicted molar refractivity (Wildman–Crippen MR) is 82.2 cm³/mol. The van der Waals surface area contributed by atoms with Crippen molar-refractivity contribution in [2.75, 3.05) is 19.8 Å². The van der Waals surface area contributed by atoms with Gasteiger partial charge >= 0.3 is 0 Å². The predicted octanol–water partition coefficient (Wildman–Crippen LogP) is 3.08. The van der Waals surface area contributed by atoms with E-state index in [1.54, 1.807) is 0 Å². The summed E-state index contributed by atoms with van der Waals surface area (Å²) < 4.78 is 11.5. The summed E-state index contributed by atoms with van der Waals surface area (Å²) in [5.41, 5.74) is 2.47. The highest BCUT2D eigenvalue weighted by molar-refractivity contribution is 5.45. The smallest absolute Gasteiger partial charge is 0.127 e. The molecule has 1 aliphatic rings. The van der Waals surface area contributed by atoms with Crippen LogP contribution in [0.25, 0.3) is 0 Å². The SMILES string of the molecule is C=CCCOCCNCc1cccc2c1OC(C)(C)C2. The fourth-order valence-electron chi connectivity index (χ4n) is 2.45. The minimum atomic E-state index is -0.0771. The van der Waals surface area contributed by atoms with E-state index in [0.717, 1.165) is 44.9 Å². The zero-order valence-electron chi connectivity index (χ0n) is 12.6. The Labute approximate surface area is 122 Å². The Bertz CT molecular complexity index is 454.